The number of hydrogen-bond acceptors (Lipinski definition) is 1. The zero-order chi connectivity index (χ0) is 12.8. The molecule has 94 valence electrons. The van der Waals surface area contributed by atoms with Crippen molar-refractivity contribution in [1.29, 1.82) is 0 Å². The van der Waals surface area contributed by atoms with Crippen molar-refractivity contribution in [2.75, 3.05) is 0 Å². The van der Waals surface area contributed by atoms with Gasteiger partial charge in [-0.15, -0.1) is 11.6 Å². The van der Waals surface area contributed by atoms with Gasteiger partial charge in [-0.05, 0) is 30.0 Å². The monoisotopic (exact) mass is 257 g/mol. The number of carbonyl (C=O) groups is 1. The van der Waals surface area contributed by atoms with Gasteiger partial charge >= 0.3 is 0 Å². The Balaban J connectivity index is 2.40. The lowest BCUT2D eigenvalue weighted by molar-refractivity contribution is -0.121. The molecule has 0 heterocycles. The zero-order valence-corrected chi connectivity index (χ0v) is 10.8. The van der Waals surface area contributed by atoms with E-state index in [9.17, 15) is 9.18 Å². The van der Waals surface area contributed by atoms with E-state index in [1.807, 2.05) is 13.8 Å². The molecule has 0 aliphatic heterocycles. The fraction of sp³-hybridized carbons (Fsp3) is 0.462. The molecule has 0 fully saturated rings. The van der Waals surface area contributed by atoms with Gasteiger partial charge < -0.3 is 5.32 Å². The Morgan fingerprint density at radius 3 is 2.47 bits per heavy atom. The van der Waals surface area contributed by atoms with Crippen molar-refractivity contribution in [3.63, 3.8) is 0 Å². The molecule has 0 aliphatic carbocycles. The molecule has 0 aromatic heterocycles. The van der Waals surface area contributed by atoms with E-state index in [1.54, 1.807) is 12.1 Å². The number of rotatable bonds is 5. The maximum Gasteiger partial charge on any atom is 0.238 e. The van der Waals surface area contributed by atoms with Crippen molar-refractivity contribution in [2.24, 2.45) is 5.92 Å². The summed E-state index contributed by atoms with van der Waals surface area (Å²) in [6.45, 7) is 4.41. The average molecular weight is 258 g/mol. The zero-order valence-electron chi connectivity index (χ0n) is 10.0. The first-order valence-electron chi connectivity index (χ1n) is 5.65. The van der Waals surface area contributed by atoms with Gasteiger partial charge in [0.05, 0.1) is 0 Å². The van der Waals surface area contributed by atoms with E-state index in [1.165, 1.54) is 12.1 Å². The molecule has 17 heavy (non-hydrogen) atoms. The first kappa shape index (κ1) is 14.0. The fourth-order valence-electron chi connectivity index (χ4n) is 1.42. The number of nitrogens with one attached hydrogen (secondary N) is 1. The van der Waals surface area contributed by atoms with Gasteiger partial charge in [-0.25, -0.2) is 4.39 Å². The third kappa shape index (κ3) is 5.18. The lowest BCUT2D eigenvalue weighted by Crippen LogP contribution is -2.31. The topological polar surface area (TPSA) is 29.1 Å². The van der Waals surface area contributed by atoms with Crippen LogP contribution in [-0.2, 0) is 11.3 Å². The average Bonchev–Trinajstić information content (AvgIpc) is 2.27. The minimum atomic E-state index is -0.504. The van der Waals surface area contributed by atoms with Crippen LogP contribution < -0.4 is 5.32 Å². The molecule has 1 rings (SSSR count). The number of amides is 1. The summed E-state index contributed by atoms with van der Waals surface area (Å²) in [6.07, 6.45) is 0.650. The van der Waals surface area contributed by atoms with Crippen LogP contribution in [0.1, 0.15) is 25.8 Å². The minimum absolute atomic E-state index is 0.176. The predicted octanol–water partition coefficient (Wildman–Crippen LogP) is 3.10. The summed E-state index contributed by atoms with van der Waals surface area (Å²) in [5, 5.41) is 2.23. The first-order valence-corrected chi connectivity index (χ1v) is 6.09. The van der Waals surface area contributed by atoms with E-state index in [-0.39, 0.29) is 11.7 Å². The molecule has 2 nitrogen and oxygen atoms in total. The van der Waals surface area contributed by atoms with E-state index in [2.05, 4.69) is 5.32 Å². The maximum atomic E-state index is 12.6. The van der Waals surface area contributed by atoms with E-state index in [0.717, 1.165) is 5.56 Å². The Morgan fingerprint density at radius 2 is 1.94 bits per heavy atom. The molecule has 1 N–H and O–H groups in total. The quantitative estimate of drug-likeness (QED) is 0.807. The Morgan fingerprint density at radius 1 is 1.35 bits per heavy atom. The van der Waals surface area contributed by atoms with Crippen molar-refractivity contribution < 1.29 is 9.18 Å². The summed E-state index contributed by atoms with van der Waals surface area (Å²) < 4.78 is 12.6. The Labute approximate surface area is 106 Å². The molecular weight excluding hydrogens is 241 g/mol. The molecule has 0 saturated heterocycles. The van der Waals surface area contributed by atoms with Gasteiger partial charge in [0, 0.05) is 6.54 Å². The van der Waals surface area contributed by atoms with Crippen LogP contribution in [0, 0.1) is 11.7 Å². The molecule has 1 aromatic rings. The van der Waals surface area contributed by atoms with E-state index in [4.69, 9.17) is 11.6 Å². The van der Waals surface area contributed by atoms with Crippen LogP contribution in [0.2, 0.25) is 0 Å². The SMILES string of the molecule is CC(C)C[C@H](Cl)C(=O)NCc1ccc(F)cc1. The molecule has 0 aliphatic rings. The summed E-state index contributed by atoms with van der Waals surface area (Å²) in [7, 11) is 0. The summed E-state index contributed by atoms with van der Waals surface area (Å²) in [6, 6.07) is 6.02. The Hall–Kier alpha value is -1.09. The van der Waals surface area contributed by atoms with Crippen molar-refractivity contribution in [3.8, 4) is 0 Å². The van der Waals surface area contributed by atoms with Crippen molar-refractivity contribution in [1.82, 2.24) is 5.32 Å². The number of halogens is 2. The molecule has 0 radical (unpaired) electrons. The van der Waals surface area contributed by atoms with Gasteiger partial charge in [0.15, 0.2) is 0 Å². The molecule has 1 aromatic carbocycles. The summed E-state index contributed by atoms with van der Waals surface area (Å²) >= 11 is 5.95. The number of carbonyl (C=O) groups excluding carboxylic acids is 1. The third-order valence-electron chi connectivity index (χ3n) is 2.34. The molecular formula is C13H17ClFNO. The van der Waals surface area contributed by atoms with Crippen LogP contribution in [0.4, 0.5) is 4.39 Å². The van der Waals surface area contributed by atoms with Crippen molar-refractivity contribution in [2.45, 2.75) is 32.2 Å². The van der Waals surface area contributed by atoms with Crippen LogP contribution in [0.5, 0.6) is 0 Å². The maximum absolute atomic E-state index is 12.6. The smallest absolute Gasteiger partial charge is 0.238 e. The van der Waals surface area contributed by atoms with Gasteiger partial charge in [0.25, 0.3) is 0 Å². The fourth-order valence-corrected chi connectivity index (χ4v) is 1.86. The standard InChI is InChI=1S/C13H17ClFNO/c1-9(2)7-12(14)13(17)16-8-10-3-5-11(15)6-4-10/h3-6,9,12H,7-8H2,1-2H3,(H,16,17)/t12-/m0/s1. The highest BCUT2D eigenvalue weighted by atomic mass is 35.5. The molecule has 4 heteroatoms. The highest BCUT2D eigenvalue weighted by molar-refractivity contribution is 6.30. The van der Waals surface area contributed by atoms with Crippen molar-refractivity contribution >= 4 is 17.5 Å². The molecule has 0 spiro atoms. The minimum Gasteiger partial charge on any atom is -0.351 e. The molecule has 0 unspecified atom stereocenters. The Bertz CT molecular complexity index is 364. The van der Waals surface area contributed by atoms with Gasteiger partial charge in [0.2, 0.25) is 5.91 Å². The summed E-state index contributed by atoms with van der Waals surface area (Å²) in [5.74, 6) is -0.0751. The van der Waals surface area contributed by atoms with E-state index < -0.39 is 5.38 Å². The van der Waals surface area contributed by atoms with Crippen LogP contribution in [0.15, 0.2) is 24.3 Å². The molecule has 1 amide bonds. The third-order valence-corrected chi connectivity index (χ3v) is 2.72. The number of benzene rings is 1. The molecule has 1 atom stereocenters. The van der Waals surface area contributed by atoms with Gasteiger partial charge in [-0.3, -0.25) is 4.79 Å². The Kier molecular flexibility index (Phi) is 5.42. The second-order valence-electron chi connectivity index (χ2n) is 4.44. The van der Waals surface area contributed by atoms with Crippen LogP contribution >= 0.6 is 11.6 Å². The van der Waals surface area contributed by atoms with Gasteiger partial charge in [-0.1, -0.05) is 26.0 Å². The second-order valence-corrected chi connectivity index (χ2v) is 4.97. The normalized spacial score (nSPS) is 12.5. The van der Waals surface area contributed by atoms with Crippen LogP contribution in [-0.4, -0.2) is 11.3 Å². The predicted molar refractivity (Wildman–Crippen MR) is 67.3 cm³/mol. The first-order chi connectivity index (χ1) is 7.99. The van der Waals surface area contributed by atoms with Crippen molar-refractivity contribution in [3.05, 3.63) is 35.6 Å². The van der Waals surface area contributed by atoms with Gasteiger partial charge in [0.1, 0.15) is 11.2 Å². The highest BCUT2D eigenvalue weighted by Crippen LogP contribution is 2.11. The van der Waals surface area contributed by atoms with E-state index >= 15 is 0 Å². The number of alkyl halides is 1. The van der Waals surface area contributed by atoms with E-state index in [0.29, 0.717) is 18.9 Å². The lowest BCUT2D eigenvalue weighted by Gasteiger charge is -2.12. The van der Waals surface area contributed by atoms with Crippen LogP contribution in [0.3, 0.4) is 0 Å². The molecule has 0 saturated carbocycles. The van der Waals surface area contributed by atoms with Crippen LogP contribution in [0.25, 0.3) is 0 Å². The lowest BCUT2D eigenvalue weighted by atomic mass is 10.1. The van der Waals surface area contributed by atoms with Gasteiger partial charge in [-0.2, -0.15) is 0 Å². The highest BCUT2D eigenvalue weighted by Gasteiger charge is 2.15. The largest absolute Gasteiger partial charge is 0.351 e. The number of hydrogen-bond donors (Lipinski definition) is 1. The molecule has 0 bridgehead atoms. The summed E-state index contributed by atoms with van der Waals surface area (Å²) in [5.41, 5.74) is 0.855. The summed E-state index contributed by atoms with van der Waals surface area (Å²) in [4.78, 5) is 11.6. The second kappa shape index (κ2) is 6.60.